The molecule has 168 valence electrons. The first kappa shape index (κ1) is 22.6. The summed E-state index contributed by atoms with van der Waals surface area (Å²) in [7, 11) is -3.00. The molecule has 10 heteroatoms. The van der Waals surface area contributed by atoms with E-state index in [-0.39, 0.29) is 27.9 Å². The lowest BCUT2D eigenvalue weighted by atomic mass is 10.1. The number of ether oxygens (including phenoxy) is 1. The zero-order chi connectivity index (χ0) is 23.8. The van der Waals surface area contributed by atoms with Crippen LogP contribution in [0.15, 0.2) is 75.4 Å². The first-order chi connectivity index (χ1) is 15.7. The molecular weight excluding hydrogens is 466 g/mol. The number of nitro benzene ring substituents is 1. The second kappa shape index (κ2) is 8.72. The van der Waals surface area contributed by atoms with E-state index in [1.54, 1.807) is 30.3 Å². The number of thioether (sulfide) groups is 1. The first-order valence-corrected chi connectivity index (χ1v) is 11.8. The number of ketones is 1. The summed E-state index contributed by atoms with van der Waals surface area (Å²) in [6.45, 7) is 1.51. The zero-order valence-electron chi connectivity index (χ0n) is 17.5. The Bertz CT molecular complexity index is 1430. The lowest BCUT2D eigenvalue weighted by Crippen LogP contribution is -2.11. The minimum Gasteiger partial charge on any atom is -0.493 e. The fourth-order valence-corrected chi connectivity index (χ4v) is 5.25. The summed E-state index contributed by atoms with van der Waals surface area (Å²) in [5.41, 5.74) is 1.26. The molecule has 0 aromatic heterocycles. The van der Waals surface area contributed by atoms with Gasteiger partial charge in [-0.05, 0) is 48.9 Å². The van der Waals surface area contributed by atoms with Gasteiger partial charge in [-0.3, -0.25) is 14.9 Å². The van der Waals surface area contributed by atoms with Gasteiger partial charge in [0.2, 0.25) is 5.78 Å². The third kappa shape index (κ3) is 4.48. The first-order valence-electron chi connectivity index (χ1n) is 9.60. The van der Waals surface area contributed by atoms with Crippen LogP contribution in [-0.4, -0.2) is 26.2 Å². The molecule has 0 bridgehead atoms. The average molecular weight is 484 g/mol. The van der Waals surface area contributed by atoms with E-state index in [1.807, 2.05) is 12.1 Å². The number of carbonyl (C=O) groups excluding carboxylic acids is 1. The predicted octanol–water partition coefficient (Wildman–Crippen LogP) is 5.01. The van der Waals surface area contributed by atoms with E-state index >= 15 is 0 Å². The van der Waals surface area contributed by atoms with Gasteiger partial charge in [0.15, 0.2) is 11.5 Å². The Morgan fingerprint density at radius 2 is 1.79 bits per heavy atom. The Morgan fingerprint density at radius 3 is 2.48 bits per heavy atom. The molecule has 3 aromatic carbocycles. The molecule has 1 aliphatic heterocycles. The van der Waals surface area contributed by atoms with Gasteiger partial charge in [-0.2, -0.15) is 8.42 Å². The molecule has 0 saturated heterocycles. The predicted molar refractivity (Wildman–Crippen MR) is 123 cm³/mol. The van der Waals surface area contributed by atoms with Gasteiger partial charge in [-0.15, -0.1) is 0 Å². The van der Waals surface area contributed by atoms with Gasteiger partial charge in [0.25, 0.3) is 5.69 Å². The third-order valence-corrected chi connectivity index (χ3v) is 7.26. The van der Waals surface area contributed by atoms with Crippen molar-refractivity contribution in [2.24, 2.45) is 0 Å². The molecule has 0 amide bonds. The van der Waals surface area contributed by atoms with Crippen molar-refractivity contribution in [1.29, 1.82) is 0 Å². The highest BCUT2D eigenvalue weighted by Crippen LogP contribution is 2.41. The largest absolute Gasteiger partial charge is 0.493 e. The Labute approximate surface area is 194 Å². The quantitative estimate of drug-likeness (QED) is 0.208. The highest BCUT2D eigenvalue weighted by molar-refractivity contribution is 8.04. The number of hydrogen-bond acceptors (Lipinski definition) is 8. The number of nitrogens with zero attached hydrogens (tertiary/aromatic N) is 1. The molecular formula is C23H17NO7S2. The molecule has 0 atom stereocenters. The van der Waals surface area contributed by atoms with Crippen LogP contribution in [0, 0.1) is 17.0 Å². The number of fused-ring (bicyclic) bond motifs is 1. The van der Waals surface area contributed by atoms with Gasteiger partial charge in [0, 0.05) is 22.1 Å². The number of nitro groups is 1. The van der Waals surface area contributed by atoms with E-state index in [4.69, 9.17) is 8.92 Å². The second-order valence-corrected chi connectivity index (χ2v) is 9.72. The molecule has 0 fully saturated rings. The van der Waals surface area contributed by atoms with Crippen LogP contribution >= 0.6 is 11.8 Å². The number of allylic oxidation sites excluding steroid dienone is 1. The zero-order valence-corrected chi connectivity index (χ0v) is 19.1. The monoisotopic (exact) mass is 483 g/mol. The van der Waals surface area contributed by atoms with E-state index in [0.717, 1.165) is 11.0 Å². The maximum Gasteiger partial charge on any atom is 0.339 e. The van der Waals surface area contributed by atoms with Crippen LogP contribution in [0.1, 0.15) is 21.5 Å². The van der Waals surface area contributed by atoms with Crippen LogP contribution in [0.2, 0.25) is 0 Å². The van der Waals surface area contributed by atoms with Gasteiger partial charge in [-0.1, -0.05) is 36.0 Å². The van der Waals surface area contributed by atoms with E-state index < -0.39 is 15.0 Å². The molecule has 33 heavy (non-hydrogen) atoms. The van der Waals surface area contributed by atoms with Gasteiger partial charge >= 0.3 is 10.1 Å². The van der Waals surface area contributed by atoms with Crippen molar-refractivity contribution in [3.05, 3.63) is 92.4 Å². The number of carbonyl (C=O) groups is 1. The minimum atomic E-state index is -4.36. The molecule has 0 aliphatic carbocycles. The average Bonchev–Trinajstić information content (AvgIpc) is 3.10. The summed E-state index contributed by atoms with van der Waals surface area (Å²) < 4.78 is 36.0. The molecule has 4 rings (SSSR count). The second-order valence-electron chi connectivity index (χ2n) is 7.09. The van der Waals surface area contributed by atoms with Crippen LogP contribution in [0.4, 0.5) is 5.69 Å². The topological polar surface area (TPSA) is 113 Å². The lowest BCUT2D eigenvalue weighted by Gasteiger charge is -2.12. The fourth-order valence-electron chi connectivity index (χ4n) is 3.24. The number of methoxy groups -OCH3 is 1. The number of hydrogen-bond donors (Lipinski definition) is 0. The number of benzene rings is 3. The summed E-state index contributed by atoms with van der Waals surface area (Å²) >= 11 is 1.36. The summed E-state index contributed by atoms with van der Waals surface area (Å²) in [5, 5.41) is 11.2. The minimum absolute atomic E-state index is 0.0848. The molecule has 8 nitrogen and oxygen atoms in total. The van der Waals surface area contributed by atoms with E-state index in [1.165, 1.54) is 44.0 Å². The fraction of sp³-hybridized carbons (Fsp3) is 0.0870. The van der Waals surface area contributed by atoms with Crippen LogP contribution in [-0.2, 0) is 10.1 Å². The molecule has 0 spiro atoms. The molecule has 1 aliphatic rings. The molecule has 0 N–H and O–H groups in total. The summed E-state index contributed by atoms with van der Waals surface area (Å²) in [6.07, 6.45) is 1.69. The van der Waals surface area contributed by atoms with Gasteiger partial charge in [-0.25, -0.2) is 0 Å². The molecule has 0 saturated carbocycles. The summed E-state index contributed by atoms with van der Waals surface area (Å²) in [5.74, 6) is -0.0440. The van der Waals surface area contributed by atoms with E-state index in [0.29, 0.717) is 21.6 Å². The standard InChI is InChI=1S/C23H17NO7S2/c1-14-7-9-16(13-18(14)24(26)27)33(28,29)31-19-10-8-15(11-20(19)30-2)12-22-23(25)17-5-3-4-6-21(17)32-22/h3-13H,1-2H3/b22-12+. The van der Waals surface area contributed by atoms with E-state index in [2.05, 4.69) is 0 Å². The Balaban J connectivity index is 1.62. The van der Waals surface area contributed by atoms with Crippen LogP contribution < -0.4 is 8.92 Å². The van der Waals surface area contributed by atoms with Crippen LogP contribution in [0.3, 0.4) is 0 Å². The van der Waals surface area contributed by atoms with Gasteiger partial charge in [0.05, 0.1) is 16.9 Å². The van der Waals surface area contributed by atoms with E-state index in [9.17, 15) is 23.3 Å². The van der Waals surface area contributed by atoms with Crippen LogP contribution in [0.25, 0.3) is 6.08 Å². The molecule has 0 radical (unpaired) electrons. The van der Waals surface area contributed by atoms with Crippen molar-refractivity contribution >= 4 is 39.4 Å². The Kier molecular flexibility index (Phi) is 5.96. The van der Waals surface area contributed by atoms with Crippen LogP contribution in [0.5, 0.6) is 11.5 Å². The Hall–Kier alpha value is -3.63. The van der Waals surface area contributed by atoms with Crippen molar-refractivity contribution in [3.63, 3.8) is 0 Å². The number of Topliss-reactive ketones (excluding diaryl/α,β-unsaturated/α-hetero) is 1. The van der Waals surface area contributed by atoms with Crippen molar-refractivity contribution in [2.75, 3.05) is 7.11 Å². The summed E-state index contributed by atoms with van der Waals surface area (Å²) in [6, 6.07) is 15.4. The molecule has 1 heterocycles. The van der Waals surface area contributed by atoms with Crippen molar-refractivity contribution in [1.82, 2.24) is 0 Å². The highest BCUT2D eigenvalue weighted by Gasteiger charge is 2.26. The van der Waals surface area contributed by atoms with Gasteiger partial charge < -0.3 is 8.92 Å². The maximum atomic E-state index is 12.7. The smallest absolute Gasteiger partial charge is 0.339 e. The Morgan fingerprint density at radius 1 is 1.03 bits per heavy atom. The normalized spacial score (nSPS) is 14.2. The molecule has 3 aromatic rings. The number of rotatable bonds is 6. The van der Waals surface area contributed by atoms with Crippen molar-refractivity contribution in [2.45, 2.75) is 16.7 Å². The van der Waals surface area contributed by atoms with Crippen molar-refractivity contribution < 1.29 is 27.1 Å². The lowest BCUT2D eigenvalue weighted by molar-refractivity contribution is -0.385. The van der Waals surface area contributed by atoms with Gasteiger partial charge in [0.1, 0.15) is 4.90 Å². The number of aryl methyl sites for hydroxylation is 1. The highest BCUT2D eigenvalue weighted by atomic mass is 32.2. The van der Waals surface area contributed by atoms with Crippen molar-refractivity contribution in [3.8, 4) is 11.5 Å². The molecule has 0 unspecified atom stereocenters. The SMILES string of the molecule is COc1cc(/C=C2/Sc3ccccc3C2=O)ccc1OS(=O)(=O)c1ccc(C)c([N+](=O)[O-])c1. The summed E-state index contributed by atoms with van der Waals surface area (Å²) in [4.78, 5) is 24.2. The third-order valence-electron chi connectivity index (χ3n) is 4.93. The maximum absolute atomic E-state index is 12.7.